The van der Waals surface area contributed by atoms with E-state index in [1.54, 1.807) is 6.07 Å². The molecule has 172 valence electrons. The van der Waals surface area contributed by atoms with Gasteiger partial charge in [-0.3, -0.25) is 15.5 Å². The summed E-state index contributed by atoms with van der Waals surface area (Å²) < 4.78 is 0. The number of carbonyl (C=O) groups is 1. The molecule has 3 aromatic rings. The van der Waals surface area contributed by atoms with Crippen LogP contribution in [0.4, 0.5) is 16.4 Å². The molecule has 2 amide bonds. The summed E-state index contributed by atoms with van der Waals surface area (Å²) in [5.41, 5.74) is 8.62. The van der Waals surface area contributed by atoms with Crippen LogP contribution in [0, 0.1) is 12.3 Å². The third-order valence-electron chi connectivity index (χ3n) is 4.86. The first-order valence-electron chi connectivity index (χ1n) is 10.5. The Hall–Kier alpha value is -4.18. The number of aromatic nitrogens is 2. The van der Waals surface area contributed by atoms with Crippen LogP contribution in [0.25, 0.3) is 11.1 Å². The maximum Gasteiger partial charge on any atom is 0.326 e. The van der Waals surface area contributed by atoms with E-state index < -0.39 is 11.6 Å². The molecule has 0 saturated heterocycles. The maximum absolute atomic E-state index is 12.5. The summed E-state index contributed by atoms with van der Waals surface area (Å²) in [4.78, 5) is 31.5. The summed E-state index contributed by atoms with van der Waals surface area (Å²) in [6.45, 7) is 4.01. The zero-order chi connectivity index (χ0) is 23.6. The zero-order valence-electron chi connectivity index (χ0n) is 18.4. The van der Waals surface area contributed by atoms with Crippen molar-refractivity contribution in [3.8, 4) is 11.1 Å². The lowest BCUT2D eigenvalue weighted by molar-refractivity contribution is 0.262. The largest absolute Gasteiger partial charge is 0.370 e. The van der Waals surface area contributed by atoms with Crippen molar-refractivity contribution in [2.45, 2.75) is 19.9 Å². The van der Waals surface area contributed by atoms with Gasteiger partial charge in [-0.1, -0.05) is 42.5 Å². The molecule has 0 spiro atoms. The molecule has 10 nitrogen and oxygen atoms in total. The van der Waals surface area contributed by atoms with Gasteiger partial charge in [0.05, 0.1) is 5.56 Å². The molecule has 0 atom stereocenters. The average Bonchev–Trinajstić information content (AvgIpc) is 2.78. The van der Waals surface area contributed by atoms with Crippen molar-refractivity contribution >= 4 is 23.6 Å². The Morgan fingerprint density at radius 2 is 1.85 bits per heavy atom. The molecule has 8 N–H and O–H groups in total. The number of hydrogen-bond acceptors (Lipinski definition) is 5. The van der Waals surface area contributed by atoms with E-state index in [1.807, 2.05) is 49.4 Å². The lowest BCUT2D eigenvalue weighted by Gasteiger charge is -2.09. The number of H-pyrrole nitrogens is 1. The van der Waals surface area contributed by atoms with Crippen molar-refractivity contribution in [2.75, 3.05) is 23.7 Å². The van der Waals surface area contributed by atoms with Gasteiger partial charge in [-0.2, -0.15) is 4.98 Å². The van der Waals surface area contributed by atoms with E-state index in [9.17, 15) is 9.59 Å². The first-order valence-corrected chi connectivity index (χ1v) is 10.5. The number of nitrogens with two attached hydrogens (primary N) is 1. The molecule has 3 rings (SSSR count). The Labute approximate surface area is 191 Å². The van der Waals surface area contributed by atoms with Crippen LogP contribution in [0.3, 0.4) is 0 Å². The molecule has 0 radical (unpaired) electrons. The number of para-hydroxylation sites is 1. The summed E-state index contributed by atoms with van der Waals surface area (Å²) in [5.74, 6) is 0.0410. The first kappa shape index (κ1) is 23.5. The SMILES string of the molecule is Cc1ccccc1NC(=O)Nc1nc(=O)c(-c2ccc(CNCCCNC(=N)N)cc2)c[nH]1. The van der Waals surface area contributed by atoms with Crippen molar-refractivity contribution in [2.24, 2.45) is 5.73 Å². The van der Waals surface area contributed by atoms with Crippen LogP contribution in [0.15, 0.2) is 59.5 Å². The number of hydrogen-bond donors (Lipinski definition) is 7. The average molecular weight is 449 g/mol. The minimum absolute atomic E-state index is 0.0237. The van der Waals surface area contributed by atoms with Crippen molar-refractivity contribution in [3.63, 3.8) is 0 Å². The van der Waals surface area contributed by atoms with Crippen molar-refractivity contribution in [1.82, 2.24) is 20.6 Å². The standard InChI is InChI=1S/C23H28N8O2/c1-15-5-2-3-6-19(15)29-23(33)31-22-28-14-18(20(32)30-22)17-9-7-16(8-10-17)13-26-11-4-12-27-21(24)25/h2-3,5-10,14,26H,4,11-13H2,1H3,(H4,24,25,27)(H3,28,29,30,31,32,33). The number of amides is 2. The lowest BCUT2D eigenvalue weighted by atomic mass is 10.1. The highest BCUT2D eigenvalue weighted by molar-refractivity contribution is 5.99. The van der Waals surface area contributed by atoms with E-state index in [4.69, 9.17) is 11.1 Å². The second-order valence-corrected chi connectivity index (χ2v) is 7.43. The van der Waals surface area contributed by atoms with Crippen LogP contribution in [-0.4, -0.2) is 35.0 Å². The van der Waals surface area contributed by atoms with Crippen LogP contribution in [0.5, 0.6) is 0 Å². The van der Waals surface area contributed by atoms with Crippen LogP contribution in [0.2, 0.25) is 0 Å². The summed E-state index contributed by atoms with van der Waals surface area (Å²) in [5, 5.41) is 18.4. The molecule has 0 saturated carbocycles. The fourth-order valence-corrected chi connectivity index (χ4v) is 3.11. The highest BCUT2D eigenvalue weighted by atomic mass is 16.2. The Morgan fingerprint density at radius 3 is 2.55 bits per heavy atom. The third kappa shape index (κ3) is 7.18. The van der Waals surface area contributed by atoms with Gasteiger partial charge in [0, 0.05) is 25.0 Å². The van der Waals surface area contributed by atoms with Gasteiger partial charge in [-0.15, -0.1) is 0 Å². The van der Waals surface area contributed by atoms with E-state index in [2.05, 4.69) is 31.2 Å². The topological polar surface area (TPSA) is 161 Å². The fraction of sp³-hybridized carbons (Fsp3) is 0.217. The van der Waals surface area contributed by atoms with E-state index in [0.717, 1.165) is 29.7 Å². The summed E-state index contributed by atoms with van der Waals surface area (Å²) >= 11 is 0. The van der Waals surface area contributed by atoms with Crippen molar-refractivity contribution in [1.29, 1.82) is 5.41 Å². The van der Waals surface area contributed by atoms with Gasteiger partial charge in [-0.25, -0.2) is 4.79 Å². The van der Waals surface area contributed by atoms with Crippen molar-refractivity contribution < 1.29 is 4.79 Å². The van der Waals surface area contributed by atoms with Crippen LogP contribution in [-0.2, 0) is 6.54 Å². The van der Waals surface area contributed by atoms with Gasteiger partial charge < -0.3 is 26.7 Å². The Balaban J connectivity index is 1.54. The third-order valence-corrected chi connectivity index (χ3v) is 4.86. The molecule has 33 heavy (non-hydrogen) atoms. The number of urea groups is 1. The molecule has 0 unspecified atom stereocenters. The molecule has 0 aliphatic rings. The molecule has 1 aromatic heterocycles. The molecule has 10 heteroatoms. The van der Waals surface area contributed by atoms with Crippen molar-refractivity contribution in [3.05, 3.63) is 76.2 Å². The highest BCUT2D eigenvalue weighted by Gasteiger charge is 2.09. The Kier molecular flexibility index (Phi) is 8.14. The second kappa shape index (κ2) is 11.4. The van der Waals surface area contributed by atoms with E-state index in [0.29, 0.717) is 24.3 Å². The normalized spacial score (nSPS) is 10.5. The number of aryl methyl sites for hydroxylation is 1. The second-order valence-electron chi connectivity index (χ2n) is 7.43. The van der Waals surface area contributed by atoms with Gasteiger partial charge in [0.15, 0.2) is 5.96 Å². The minimum atomic E-state index is -0.492. The molecule has 0 aliphatic heterocycles. The monoisotopic (exact) mass is 448 g/mol. The summed E-state index contributed by atoms with van der Waals surface area (Å²) in [6, 6.07) is 14.5. The number of anilines is 2. The molecule has 2 aromatic carbocycles. The Bertz CT molecular complexity index is 1160. The van der Waals surface area contributed by atoms with E-state index >= 15 is 0 Å². The number of nitrogens with zero attached hydrogens (tertiary/aromatic N) is 1. The number of rotatable bonds is 9. The quantitative estimate of drug-likeness (QED) is 0.151. The van der Waals surface area contributed by atoms with Crippen LogP contribution >= 0.6 is 0 Å². The van der Waals surface area contributed by atoms with Gasteiger partial charge in [-0.05, 0) is 42.6 Å². The van der Waals surface area contributed by atoms with Gasteiger partial charge in [0.25, 0.3) is 5.56 Å². The Morgan fingerprint density at radius 1 is 1.09 bits per heavy atom. The number of benzene rings is 2. The number of guanidine groups is 1. The van der Waals surface area contributed by atoms with Gasteiger partial charge in [0.1, 0.15) is 0 Å². The van der Waals surface area contributed by atoms with Gasteiger partial charge in [0.2, 0.25) is 5.95 Å². The molecule has 1 heterocycles. The first-order chi connectivity index (χ1) is 15.9. The fourth-order valence-electron chi connectivity index (χ4n) is 3.11. The summed E-state index contributed by atoms with van der Waals surface area (Å²) in [7, 11) is 0. The molecular formula is C23H28N8O2. The predicted octanol–water partition coefficient (Wildman–Crippen LogP) is 2.35. The van der Waals surface area contributed by atoms with Gasteiger partial charge >= 0.3 is 6.03 Å². The number of carbonyl (C=O) groups excluding carboxylic acids is 1. The zero-order valence-corrected chi connectivity index (χ0v) is 18.4. The number of aromatic amines is 1. The van der Waals surface area contributed by atoms with E-state index in [-0.39, 0.29) is 11.9 Å². The van der Waals surface area contributed by atoms with Crippen LogP contribution < -0.4 is 32.6 Å². The molecular weight excluding hydrogens is 420 g/mol. The summed E-state index contributed by atoms with van der Waals surface area (Å²) in [6.07, 6.45) is 2.38. The predicted molar refractivity (Wildman–Crippen MR) is 130 cm³/mol. The highest BCUT2D eigenvalue weighted by Crippen LogP contribution is 2.16. The molecule has 0 aliphatic carbocycles. The minimum Gasteiger partial charge on any atom is -0.370 e. The molecule has 0 fully saturated rings. The molecule has 0 bridgehead atoms. The lowest BCUT2D eigenvalue weighted by Crippen LogP contribution is -2.32. The maximum atomic E-state index is 12.5. The smallest absolute Gasteiger partial charge is 0.326 e. The number of nitrogens with one attached hydrogen (secondary N) is 6. The van der Waals surface area contributed by atoms with Crippen LogP contribution in [0.1, 0.15) is 17.5 Å². The van der Waals surface area contributed by atoms with E-state index in [1.165, 1.54) is 6.20 Å².